The molecule has 0 bridgehead atoms. The van der Waals surface area contributed by atoms with Gasteiger partial charge in [0.2, 0.25) is 0 Å². The zero-order valence-corrected chi connectivity index (χ0v) is 14.3. The van der Waals surface area contributed by atoms with Crippen LogP contribution in [0.3, 0.4) is 0 Å². The molecule has 1 aromatic carbocycles. The van der Waals surface area contributed by atoms with Crippen molar-refractivity contribution < 1.29 is 0 Å². The number of nitrogens with two attached hydrogens (primary N) is 1. The molecular weight excluding hydrogens is 302 g/mol. The number of nitrogens with one attached hydrogen (secondary N) is 1. The van der Waals surface area contributed by atoms with E-state index in [0.717, 1.165) is 28.4 Å². The van der Waals surface area contributed by atoms with E-state index in [1.54, 1.807) is 6.33 Å². The molecule has 1 unspecified atom stereocenters. The molecule has 7 nitrogen and oxygen atoms in total. The zero-order valence-electron chi connectivity index (χ0n) is 14.3. The Kier molecular flexibility index (Phi) is 4.71. The second-order valence-electron chi connectivity index (χ2n) is 6.10. The van der Waals surface area contributed by atoms with Crippen LogP contribution >= 0.6 is 0 Å². The van der Waals surface area contributed by atoms with Crippen molar-refractivity contribution in [1.82, 2.24) is 24.7 Å². The van der Waals surface area contributed by atoms with Crippen molar-refractivity contribution in [1.29, 1.82) is 0 Å². The van der Waals surface area contributed by atoms with Gasteiger partial charge in [-0.15, -0.1) is 10.2 Å². The monoisotopic (exact) mass is 325 g/mol. The Labute approximate surface area is 141 Å². The zero-order chi connectivity index (χ0) is 17.1. The molecule has 0 amide bonds. The van der Waals surface area contributed by atoms with Crippen molar-refractivity contribution in [3.63, 3.8) is 0 Å². The average molecular weight is 325 g/mol. The number of hydrogen-bond acceptors (Lipinski definition) is 6. The maximum absolute atomic E-state index is 5.66. The van der Waals surface area contributed by atoms with Gasteiger partial charge in [-0.2, -0.15) is 0 Å². The fourth-order valence-electron chi connectivity index (χ4n) is 2.70. The third kappa shape index (κ3) is 3.21. The van der Waals surface area contributed by atoms with E-state index in [0.29, 0.717) is 19.0 Å². The minimum absolute atomic E-state index is 0.0288. The fourth-order valence-corrected chi connectivity index (χ4v) is 2.70. The number of hydrogen-bond donors (Lipinski definition) is 2. The maximum atomic E-state index is 5.66. The lowest BCUT2D eigenvalue weighted by atomic mass is 10.2. The van der Waals surface area contributed by atoms with E-state index in [4.69, 9.17) is 5.73 Å². The summed E-state index contributed by atoms with van der Waals surface area (Å²) in [7, 11) is 0. The van der Waals surface area contributed by atoms with Crippen molar-refractivity contribution in [2.45, 2.75) is 39.3 Å². The first kappa shape index (κ1) is 16.3. The van der Waals surface area contributed by atoms with Gasteiger partial charge in [0.15, 0.2) is 5.82 Å². The van der Waals surface area contributed by atoms with Gasteiger partial charge in [0.1, 0.15) is 18.0 Å². The second kappa shape index (κ2) is 6.92. The minimum atomic E-state index is -0.0288. The number of aromatic nitrogens is 5. The summed E-state index contributed by atoms with van der Waals surface area (Å²) in [6.07, 6.45) is 2.41. The maximum Gasteiger partial charge on any atom is 0.155 e. The molecule has 0 saturated heterocycles. The van der Waals surface area contributed by atoms with Gasteiger partial charge in [-0.1, -0.05) is 12.1 Å². The molecule has 7 heteroatoms. The standard InChI is InChI=1S/C17H23N7/c1-11(2)24-10-19-23-17(24)12(3)20-16-13-6-4-5-7-14(13)21-15(22-16)8-9-18/h4-7,10-12H,8-9,18H2,1-3H3,(H,20,21,22). The van der Waals surface area contributed by atoms with Crippen LogP contribution in [0.25, 0.3) is 10.9 Å². The van der Waals surface area contributed by atoms with Gasteiger partial charge in [-0.3, -0.25) is 0 Å². The summed E-state index contributed by atoms with van der Waals surface area (Å²) in [5.41, 5.74) is 6.58. The summed E-state index contributed by atoms with van der Waals surface area (Å²) in [5.74, 6) is 2.43. The lowest BCUT2D eigenvalue weighted by molar-refractivity contribution is 0.552. The van der Waals surface area contributed by atoms with Crippen LogP contribution in [-0.2, 0) is 6.42 Å². The normalized spacial score (nSPS) is 12.7. The summed E-state index contributed by atoms with van der Waals surface area (Å²) in [5, 5.41) is 12.8. The van der Waals surface area contributed by atoms with Crippen LogP contribution in [0.4, 0.5) is 5.82 Å². The largest absolute Gasteiger partial charge is 0.360 e. The Morgan fingerprint density at radius 2 is 1.96 bits per heavy atom. The van der Waals surface area contributed by atoms with Crippen LogP contribution in [0.5, 0.6) is 0 Å². The molecule has 24 heavy (non-hydrogen) atoms. The molecule has 3 N–H and O–H groups in total. The van der Waals surface area contributed by atoms with Gasteiger partial charge in [0, 0.05) is 17.8 Å². The molecule has 0 aliphatic heterocycles. The van der Waals surface area contributed by atoms with Crippen LogP contribution in [0.1, 0.15) is 44.5 Å². The SMILES string of the molecule is CC(Nc1nc(CCN)nc2ccccc12)c1nncn1C(C)C. The molecule has 1 atom stereocenters. The molecule has 2 aromatic heterocycles. The topological polar surface area (TPSA) is 94.5 Å². The van der Waals surface area contributed by atoms with Crippen LogP contribution in [0.15, 0.2) is 30.6 Å². The van der Waals surface area contributed by atoms with Crippen molar-refractivity contribution in [2.24, 2.45) is 5.73 Å². The lowest BCUT2D eigenvalue weighted by Crippen LogP contribution is -2.17. The molecule has 3 aromatic rings. The predicted molar refractivity (Wildman–Crippen MR) is 94.7 cm³/mol. The number of para-hydroxylation sites is 1. The molecule has 0 spiro atoms. The molecule has 0 saturated carbocycles. The van der Waals surface area contributed by atoms with Crippen LogP contribution in [0.2, 0.25) is 0 Å². The Balaban J connectivity index is 1.97. The minimum Gasteiger partial charge on any atom is -0.360 e. The quantitative estimate of drug-likeness (QED) is 0.723. The average Bonchev–Trinajstić information content (AvgIpc) is 3.05. The van der Waals surface area contributed by atoms with Gasteiger partial charge in [-0.25, -0.2) is 9.97 Å². The van der Waals surface area contributed by atoms with Gasteiger partial charge in [0.25, 0.3) is 0 Å². The molecule has 0 radical (unpaired) electrons. The van der Waals surface area contributed by atoms with Gasteiger partial charge < -0.3 is 15.6 Å². The number of benzene rings is 1. The summed E-state index contributed by atoms with van der Waals surface area (Å²) in [6, 6.07) is 8.24. The number of anilines is 1. The number of fused-ring (bicyclic) bond motifs is 1. The van der Waals surface area contributed by atoms with Gasteiger partial charge >= 0.3 is 0 Å². The molecular formula is C17H23N7. The molecule has 0 aliphatic rings. The first-order valence-corrected chi connectivity index (χ1v) is 8.21. The smallest absolute Gasteiger partial charge is 0.155 e. The molecule has 3 rings (SSSR count). The Morgan fingerprint density at radius 3 is 2.71 bits per heavy atom. The van der Waals surface area contributed by atoms with E-state index in [1.807, 2.05) is 24.3 Å². The fraction of sp³-hybridized carbons (Fsp3) is 0.412. The van der Waals surface area contributed by atoms with E-state index in [-0.39, 0.29) is 6.04 Å². The Morgan fingerprint density at radius 1 is 1.17 bits per heavy atom. The van der Waals surface area contributed by atoms with Crippen molar-refractivity contribution in [3.05, 3.63) is 42.2 Å². The van der Waals surface area contributed by atoms with Crippen molar-refractivity contribution in [3.8, 4) is 0 Å². The van der Waals surface area contributed by atoms with Gasteiger partial charge in [-0.05, 0) is 39.4 Å². The van der Waals surface area contributed by atoms with E-state index in [9.17, 15) is 0 Å². The summed E-state index contributed by atoms with van der Waals surface area (Å²) in [4.78, 5) is 9.23. The highest BCUT2D eigenvalue weighted by atomic mass is 15.3. The highest BCUT2D eigenvalue weighted by Crippen LogP contribution is 2.25. The highest BCUT2D eigenvalue weighted by molar-refractivity contribution is 5.89. The van der Waals surface area contributed by atoms with Crippen LogP contribution in [0, 0.1) is 0 Å². The van der Waals surface area contributed by atoms with Crippen LogP contribution in [-0.4, -0.2) is 31.3 Å². The number of rotatable bonds is 6. The van der Waals surface area contributed by atoms with E-state index in [1.165, 1.54) is 0 Å². The second-order valence-corrected chi connectivity index (χ2v) is 6.10. The van der Waals surface area contributed by atoms with E-state index >= 15 is 0 Å². The van der Waals surface area contributed by atoms with Gasteiger partial charge in [0.05, 0.1) is 11.6 Å². The van der Waals surface area contributed by atoms with Crippen molar-refractivity contribution >= 4 is 16.7 Å². The molecule has 126 valence electrons. The van der Waals surface area contributed by atoms with Crippen LogP contribution < -0.4 is 11.1 Å². The molecule has 2 heterocycles. The van der Waals surface area contributed by atoms with E-state index in [2.05, 4.69) is 50.8 Å². The first-order valence-electron chi connectivity index (χ1n) is 8.21. The summed E-state index contributed by atoms with van der Waals surface area (Å²) < 4.78 is 2.06. The summed E-state index contributed by atoms with van der Waals surface area (Å²) >= 11 is 0. The lowest BCUT2D eigenvalue weighted by Gasteiger charge is -2.18. The van der Waals surface area contributed by atoms with Crippen molar-refractivity contribution in [2.75, 3.05) is 11.9 Å². The molecule has 0 fully saturated rings. The van der Waals surface area contributed by atoms with E-state index < -0.39 is 0 Å². The summed E-state index contributed by atoms with van der Waals surface area (Å²) in [6.45, 7) is 6.80. The Bertz CT molecular complexity index is 825. The highest BCUT2D eigenvalue weighted by Gasteiger charge is 2.17. The number of nitrogens with zero attached hydrogens (tertiary/aromatic N) is 5. The third-order valence-electron chi connectivity index (χ3n) is 3.92. The predicted octanol–water partition coefficient (Wildman–Crippen LogP) is 2.48. The first-order chi connectivity index (χ1) is 11.6. The Hall–Kier alpha value is -2.54. The molecule has 0 aliphatic carbocycles. The third-order valence-corrected chi connectivity index (χ3v) is 3.92.